The molecule has 2 rings (SSSR count). The summed E-state index contributed by atoms with van der Waals surface area (Å²) in [7, 11) is 0. The largest absolute Gasteiger partial charge is 0.411 e. The molecule has 1 aromatic carbocycles. The Balaban J connectivity index is 1.86. The first-order chi connectivity index (χ1) is 10.3. The van der Waals surface area contributed by atoms with Crippen LogP contribution in [0.15, 0.2) is 24.3 Å². The van der Waals surface area contributed by atoms with Crippen molar-refractivity contribution in [3.8, 4) is 0 Å². The van der Waals surface area contributed by atoms with Crippen molar-refractivity contribution in [1.29, 1.82) is 0 Å². The van der Waals surface area contributed by atoms with E-state index in [1.54, 1.807) is 18.2 Å². The highest BCUT2D eigenvalue weighted by atomic mass is 19.4. The standard InChI is InChI=1S/C16H20F3NO2/c1-11-4-2-5-12(8-11)15(21)20-13-6-3-7-14(9-13)22-10-16(17,18)19/h2,4-5,8,13-14H,3,6-7,9-10H2,1H3,(H,20,21)/t13-,14-/m1/s1. The molecule has 0 radical (unpaired) electrons. The molecule has 0 saturated heterocycles. The van der Waals surface area contributed by atoms with Crippen LogP contribution in [0, 0.1) is 6.92 Å². The average Bonchev–Trinajstić information content (AvgIpc) is 2.45. The quantitative estimate of drug-likeness (QED) is 0.921. The van der Waals surface area contributed by atoms with Crippen LogP contribution in [0.5, 0.6) is 0 Å². The van der Waals surface area contributed by atoms with E-state index in [1.165, 1.54) is 0 Å². The molecule has 3 nitrogen and oxygen atoms in total. The van der Waals surface area contributed by atoms with Gasteiger partial charge in [0.1, 0.15) is 6.61 Å². The molecule has 0 bridgehead atoms. The molecule has 0 spiro atoms. The van der Waals surface area contributed by atoms with Crippen LogP contribution in [-0.2, 0) is 4.74 Å². The number of alkyl halides is 3. The van der Waals surface area contributed by atoms with Crippen LogP contribution in [0.3, 0.4) is 0 Å². The van der Waals surface area contributed by atoms with E-state index in [-0.39, 0.29) is 11.9 Å². The molecule has 6 heteroatoms. The molecule has 2 atom stereocenters. The van der Waals surface area contributed by atoms with E-state index in [2.05, 4.69) is 5.32 Å². The lowest BCUT2D eigenvalue weighted by Gasteiger charge is -2.30. The van der Waals surface area contributed by atoms with Crippen molar-refractivity contribution < 1.29 is 22.7 Å². The number of nitrogens with one attached hydrogen (secondary N) is 1. The summed E-state index contributed by atoms with van der Waals surface area (Å²) < 4.78 is 41.5. The van der Waals surface area contributed by atoms with Gasteiger partial charge in [-0.25, -0.2) is 0 Å². The highest BCUT2D eigenvalue weighted by Gasteiger charge is 2.31. The predicted octanol–water partition coefficient (Wildman–Crippen LogP) is 3.61. The van der Waals surface area contributed by atoms with Gasteiger partial charge in [-0.2, -0.15) is 13.2 Å². The highest BCUT2D eigenvalue weighted by molar-refractivity contribution is 5.94. The summed E-state index contributed by atoms with van der Waals surface area (Å²) in [6.45, 7) is 0.675. The number of hydrogen-bond acceptors (Lipinski definition) is 2. The number of rotatable bonds is 4. The number of amides is 1. The van der Waals surface area contributed by atoms with Crippen molar-refractivity contribution >= 4 is 5.91 Å². The summed E-state index contributed by atoms with van der Waals surface area (Å²) >= 11 is 0. The summed E-state index contributed by atoms with van der Waals surface area (Å²) in [5.74, 6) is -0.190. The maximum atomic E-state index is 12.2. The van der Waals surface area contributed by atoms with E-state index < -0.39 is 18.9 Å². The van der Waals surface area contributed by atoms with Gasteiger partial charge in [0, 0.05) is 11.6 Å². The fraction of sp³-hybridized carbons (Fsp3) is 0.562. The Kier molecular flexibility index (Phi) is 5.45. The maximum absolute atomic E-state index is 12.2. The lowest BCUT2D eigenvalue weighted by molar-refractivity contribution is -0.188. The number of carbonyl (C=O) groups is 1. The number of carbonyl (C=O) groups excluding carboxylic acids is 1. The smallest absolute Gasteiger partial charge is 0.369 e. The molecule has 22 heavy (non-hydrogen) atoms. The molecule has 0 heterocycles. The van der Waals surface area contributed by atoms with Gasteiger partial charge in [-0.05, 0) is 44.7 Å². The molecule has 0 aromatic heterocycles. The molecule has 1 N–H and O–H groups in total. The monoisotopic (exact) mass is 315 g/mol. The third-order valence-electron chi connectivity index (χ3n) is 3.72. The number of ether oxygens (including phenoxy) is 1. The molecule has 0 aliphatic heterocycles. The van der Waals surface area contributed by atoms with Crippen molar-refractivity contribution in [2.24, 2.45) is 0 Å². The van der Waals surface area contributed by atoms with Crippen LogP contribution in [0.4, 0.5) is 13.2 Å². The fourth-order valence-corrected chi connectivity index (χ4v) is 2.69. The number of halogens is 3. The fourth-order valence-electron chi connectivity index (χ4n) is 2.69. The molecule has 1 amide bonds. The first-order valence-corrected chi connectivity index (χ1v) is 7.39. The number of hydrogen-bond donors (Lipinski definition) is 1. The molecule has 1 fully saturated rings. The first-order valence-electron chi connectivity index (χ1n) is 7.39. The van der Waals surface area contributed by atoms with Gasteiger partial charge in [0.05, 0.1) is 6.10 Å². The highest BCUT2D eigenvalue weighted by Crippen LogP contribution is 2.24. The van der Waals surface area contributed by atoms with Crippen molar-refractivity contribution in [2.45, 2.75) is 50.9 Å². The predicted molar refractivity (Wildman–Crippen MR) is 76.7 cm³/mol. The SMILES string of the molecule is Cc1cccc(C(=O)N[C@@H]2CCC[C@@H](OCC(F)(F)F)C2)c1. The average molecular weight is 315 g/mol. The Hall–Kier alpha value is -1.56. The second-order valence-corrected chi connectivity index (χ2v) is 5.75. The van der Waals surface area contributed by atoms with Gasteiger partial charge in [-0.15, -0.1) is 0 Å². The van der Waals surface area contributed by atoms with Crippen LogP contribution < -0.4 is 5.32 Å². The van der Waals surface area contributed by atoms with Crippen molar-refractivity contribution in [2.75, 3.05) is 6.61 Å². The third kappa shape index (κ3) is 5.33. The summed E-state index contributed by atoms with van der Waals surface area (Å²) in [5, 5.41) is 2.89. The van der Waals surface area contributed by atoms with Gasteiger partial charge in [0.15, 0.2) is 0 Å². The molecule has 122 valence electrons. The topological polar surface area (TPSA) is 38.3 Å². The van der Waals surface area contributed by atoms with Gasteiger partial charge >= 0.3 is 6.18 Å². The number of benzene rings is 1. The van der Waals surface area contributed by atoms with E-state index in [0.29, 0.717) is 18.4 Å². The number of aryl methyl sites for hydroxylation is 1. The Morgan fingerprint density at radius 1 is 1.36 bits per heavy atom. The third-order valence-corrected chi connectivity index (χ3v) is 3.72. The van der Waals surface area contributed by atoms with Crippen molar-refractivity contribution in [3.05, 3.63) is 35.4 Å². The Labute approximate surface area is 127 Å². The molecular weight excluding hydrogens is 295 g/mol. The molecule has 1 aliphatic carbocycles. The Morgan fingerprint density at radius 3 is 2.82 bits per heavy atom. The van der Waals surface area contributed by atoms with Crippen LogP contribution in [0.2, 0.25) is 0 Å². The summed E-state index contributed by atoms with van der Waals surface area (Å²) in [5.41, 5.74) is 1.56. The Bertz CT molecular complexity index is 516. The van der Waals surface area contributed by atoms with Gasteiger partial charge in [0.2, 0.25) is 0 Å². The van der Waals surface area contributed by atoms with Gasteiger partial charge in [0.25, 0.3) is 5.91 Å². The summed E-state index contributed by atoms with van der Waals surface area (Å²) in [6.07, 6.45) is -2.21. The molecule has 1 aromatic rings. The van der Waals surface area contributed by atoms with Crippen LogP contribution in [0.25, 0.3) is 0 Å². The zero-order chi connectivity index (χ0) is 16.2. The van der Waals surface area contributed by atoms with Crippen LogP contribution >= 0.6 is 0 Å². The van der Waals surface area contributed by atoms with Crippen LogP contribution in [-0.4, -0.2) is 30.8 Å². The summed E-state index contributed by atoms with van der Waals surface area (Å²) in [6, 6.07) is 7.08. The lowest BCUT2D eigenvalue weighted by Crippen LogP contribution is -2.41. The minimum Gasteiger partial charge on any atom is -0.369 e. The van der Waals surface area contributed by atoms with Crippen LogP contribution in [0.1, 0.15) is 41.6 Å². The minimum absolute atomic E-state index is 0.139. The van der Waals surface area contributed by atoms with E-state index in [4.69, 9.17) is 4.74 Å². The summed E-state index contributed by atoms with van der Waals surface area (Å²) in [4.78, 5) is 12.2. The van der Waals surface area contributed by atoms with Gasteiger partial charge < -0.3 is 10.1 Å². The van der Waals surface area contributed by atoms with E-state index in [0.717, 1.165) is 18.4 Å². The molecular formula is C16H20F3NO2. The lowest BCUT2D eigenvalue weighted by atomic mass is 9.92. The first kappa shape index (κ1) is 16.8. The zero-order valence-electron chi connectivity index (χ0n) is 12.5. The van der Waals surface area contributed by atoms with Gasteiger partial charge in [-0.3, -0.25) is 4.79 Å². The Morgan fingerprint density at radius 2 is 2.14 bits per heavy atom. The van der Waals surface area contributed by atoms with Gasteiger partial charge in [-0.1, -0.05) is 17.7 Å². The molecule has 1 aliphatic rings. The zero-order valence-corrected chi connectivity index (χ0v) is 12.5. The van der Waals surface area contributed by atoms with E-state index in [1.807, 2.05) is 13.0 Å². The minimum atomic E-state index is -4.31. The van der Waals surface area contributed by atoms with E-state index >= 15 is 0 Å². The maximum Gasteiger partial charge on any atom is 0.411 e. The normalized spacial score (nSPS) is 22.4. The van der Waals surface area contributed by atoms with Crippen molar-refractivity contribution in [1.82, 2.24) is 5.32 Å². The molecule has 0 unspecified atom stereocenters. The molecule has 1 saturated carbocycles. The van der Waals surface area contributed by atoms with Crippen molar-refractivity contribution in [3.63, 3.8) is 0 Å². The second-order valence-electron chi connectivity index (χ2n) is 5.75. The van der Waals surface area contributed by atoms with E-state index in [9.17, 15) is 18.0 Å². The second kappa shape index (κ2) is 7.13.